The van der Waals surface area contributed by atoms with E-state index in [1.807, 2.05) is 32.0 Å². The number of nitrogens with zero attached hydrogens (tertiary/aromatic N) is 2. The molecule has 0 saturated carbocycles. The van der Waals surface area contributed by atoms with E-state index in [1.54, 1.807) is 11.8 Å². The molecule has 0 bridgehead atoms. The molecule has 11 heteroatoms. The molecular formula is C27H29F6N3O2. The molecule has 2 aliphatic rings. The summed E-state index contributed by atoms with van der Waals surface area (Å²) < 4.78 is 81.5. The highest BCUT2D eigenvalue weighted by Gasteiger charge is 2.56. The number of anilines is 2. The smallest absolute Gasteiger partial charge is 0.325 e. The van der Waals surface area contributed by atoms with Gasteiger partial charge in [-0.2, -0.15) is 13.2 Å². The van der Waals surface area contributed by atoms with Crippen molar-refractivity contribution in [2.75, 3.05) is 36.4 Å². The zero-order valence-electron chi connectivity index (χ0n) is 21.3. The molecule has 5 nitrogen and oxygen atoms in total. The first-order valence-electron chi connectivity index (χ1n) is 12.3. The molecular weight excluding hydrogens is 512 g/mol. The number of rotatable bonds is 5. The summed E-state index contributed by atoms with van der Waals surface area (Å²) in [6.07, 6.45) is -5.66. The van der Waals surface area contributed by atoms with Gasteiger partial charge in [-0.1, -0.05) is 25.1 Å². The Morgan fingerprint density at radius 1 is 1.08 bits per heavy atom. The molecule has 2 atom stereocenters. The second-order valence-corrected chi connectivity index (χ2v) is 10.4. The largest absolute Gasteiger partial charge is 0.416 e. The Bertz CT molecular complexity index is 1220. The number of likely N-dealkylation sites (tertiary alicyclic amines) is 1. The molecule has 0 radical (unpaired) electrons. The lowest BCUT2D eigenvalue weighted by Gasteiger charge is -2.39. The van der Waals surface area contributed by atoms with E-state index in [1.165, 1.54) is 4.90 Å². The third-order valence-electron chi connectivity index (χ3n) is 7.64. The number of aryl methyl sites for hydroxylation is 2. The van der Waals surface area contributed by atoms with E-state index in [4.69, 9.17) is 0 Å². The van der Waals surface area contributed by atoms with E-state index in [0.717, 1.165) is 17.2 Å². The van der Waals surface area contributed by atoms with Crippen molar-refractivity contribution in [1.82, 2.24) is 4.90 Å². The summed E-state index contributed by atoms with van der Waals surface area (Å²) in [5.41, 5.74) is -0.971. The Morgan fingerprint density at radius 2 is 1.68 bits per heavy atom. The van der Waals surface area contributed by atoms with Crippen LogP contribution in [0.2, 0.25) is 0 Å². The summed E-state index contributed by atoms with van der Waals surface area (Å²) in [6, 6.07) is 7.18. The second kappa shape index (κ2) is 9.91. The molecule has 2 aliphatic heterocycles. The van der Waals surface area contributed by atoms with Crippen molar-refractivity contribution in [3.8, 4) is 0 Å². The van der Waals surface area contributed by atoms with Crippen LogP contribution in [0.3, 0.4) is 0 Å². The van der Waals surface area contributed by atoms with Gasteiger partial charge in [-0.3, -0.25) is 9.59 Å². The number of alkyl halides is 5. The van der Waals surface area contributed by atoms with E-state index in [0.29, 0.717) is 17.8 Å². The molecule has 1 N–H and O–H groups in total. The van der Waals surface area contributed by atoms with Gasteiger partial charge in [0.1, 0.15) is 5.82 Å². The van der Waals surface area contributed by atoms with Gasteiger partial charge < -0.3 is 15.1 Å². The fourth-order valence-corrected chi connectivity index (χ4v) is 5.43. The molecule has 2 heterocycles. The first-order chi connectivity index (χ1) is 17.6. The number of piperidine rings is 1. The lowest BCUT2D eigenvalue weighted by atomic mass is 9.76. The van der Waals surface area contributed by atoms with Gasteiger partial charge in [0, 0.05) is 50.4 Å². The maximum Gasteiger partial charge on any atom is 0.416 e. The van der Waals surface area contributed by atoms with Crippen molar-refractivity contribution in [1.29, 1.82) is 0 Å². The van der Waals surface area contributed by atoms with Gasteiger partial charge in [-0.25, -0.2) is 13.2 Å². The second-order valence-electron chi connectivity index (χ2n) is 10.4. The normalized spacial score (nSPS) is 24.1. The number of para-hydroxylation sites is 1. The first kappa shape index (κ1) is 27.9. The van der Waals surface area contributed by atoms with Crippen LogP contribution >= 0.6 is 0 Å². The Kier molecular flexibility index (Phi) is 7.28. The van der Waals surface area contributed by atoms with E-state index >= 15 is 0 Å². The van der Waals surface area contributed by atoms with Crippen molar-refractivity contribution in [2.45, 2.75) is 45.7 Å². The summed E-state index contributed by atoms with van der Waals surface area (Å²) in [5.74, 6) is -6.09. The van der Waals surface area contributed by atoms with Crippen molar-refractivity contribution in [3.05, 3.63) is 58.9 Å². The molecule has 4 rings (SSSR count). The summed E-state index contributed by atoms with van der Waals surface area (Å²) in [6.45, 7) is 5.00. The quantitative estimate of drug-likeness (QED) is 0.487. The highest BCUT2D eigenvalue weighted by molar-refractivity contribution is 6.08. The molecule has 2 aromatic carbocycles. The van der Waals surface area contributed by atoms with Gasteiger partial charge in [0.15, 0.2) is 0 Å². The summed E-state index contributed by atoms with van der Waals surface area (Å²) in [5, 5.41) is 2.40. The Balaban J connectivity index is 1.72. The lowest BCUT2D eigenvalue weighted by Crippen LogP contribution is -2.53. The maximum atomic E-state index is 14.0. The molecule has 0 aliphatic carbocycles. The fraction of sp³-hybridized carbons (Fsp3) is 0.481. The van der Waals surface area contributed by atoms with Crippen molar-refractivity contribution in [2.24, 2.45) is 11.3 Å². The van der Waals surface area contributed by atoms with Crippen molar-refractivity contribution < 1.29 is 35.9 Å². The molecule has 2 aromatic rings. The molecule has 2 amide bonds. The maximum absolute atomic E-state index is 14.0. The van der Waals surface area contributed by atoms with Crippen molar-refractivity contribution >= 4 is 23.2 Å². The van der Waals surface area contributed by atoms with E-state index in [2.05, 4.69) is 5.32 Å². The predicted molar refractivity (Wildman–Crippen MR) is 131 cm³/mol. The molecule has 206 valence electrons. The van der Waals surface area contributed by atoms with Crippen LogP contribution in [0, 0.1) is 31.0 Å². The fourth-order valence-electron chi connectivity index (χ4n) is 5.43. The van der Waals surface area contributed by atoms with Crippen LogP contribution in [0.1, 0.15) is 36.5 Å². The number of carbonyl (C=O) groups is 2. The minimum Gasteiger partial charge on any atom is -0.325 e. The molecule has 0 spiro atoms. The summed E-state index contributed by atoms with van der Waals surface area (Å²) >= 11 is 0. The van der Waals surface area contributed by atoms with Gasteiger partial charge in [-0.05, 0) is 43.2 Å². The summed E-state index contributed by atoms with van der Waals surface area (Å²) in [7, 11) is 0. The topological polar surface area (TPSA) is 52.6 Å². The van der Waals surface area contributed by atoms with Gasteiger partial charge >= 0.3 is 6.18 Å². The number of halogens is 6. The highest BCUT2D eigenvalue weighted by atomic mass is 19.4. The minimum atomic E-state index is -4.84. The Hall–Kier alpha value is -3.08. The van der Waals surface area contributed by atoms with Gasteiger partial charge in [0.25, 0.3) is 5.92 Å². The predicted octanol–water partition coefficient (Wildman–Crippen LogP) is 5.80. The van der Waals surface area contributed by atoms with Crippen LogP contribution in [-0.4, -0.2) is 48.8 Å². The van der Waals surface area contributed by atoms with Gasteiger partial charge in [-0.15, -0.1) is 0 Å². The SMILES string of the molecule is Cc1cccc(C)c1N1C[C@@](CN2CCC(F)(F)CC2)(C(=O)Nc2cc(F)cc(C(F)(F)F)c2)[C@H](C)C1=O. The number of carbonyl (C=O) groups excluding carboxylic acids is 2. The van der Waals surface area contributed by atoms with Crippen LogP contribution in [0.4, 0.5) is 37.7 Å². The zero-order valence-corrected chi connectivity index (χ0v) is 21.3. The number of hydrogen-bond acceptors (Lipinski definition) is 3. The molecule has 38 heavy (non-hydrogen) atoms. The number of benzene rings is 2. The van der Waals surface area contributed by atoms with Gasteiger partial charge in [0.05, 0.1) is 16.9 Å². The molecule has 2 saturated heterocycles. The van der Waals surface area contributed by atoms with Gasteiger partial charge in [0.2, 0.25) is 11.8 Å². The lowest BCUT2D eigenvalue weighted by molar-refractivity contribution is -0.138. The van der Waals surface area contributed by atoms with Crippen LogP contribution < -0.4 is 10.2 Å². The van der Waals surface area contributed by atoms with Crippen LogP contribution in [0.15, 0.2) is 36.4 Å². The number of amides is 2. The highest BCUT2D eigenvalue weighted by Crippen LogP contribution is 2.44. The minimum absolute atomic E-state index is 0.00940. The summed E-state index contributed by atoms with van der Waals surface area (Å²) in [4.78, 5) is 30.6. The Morgan fingerprint density at radius 3 is 2.26 bits per heavy atom. The third kappa shape index (κ3) is 5.39. The van der Waals surface area contributed by atoms with Crippen LogP contribution in [0.25, 0.3) is 0 Å². The third-order valence-corrected chi connectivity index (χ3v) is 7.64. The monoisotopic (exact) mass is 541 g/mol. The van der Waals surface area contributed by atoms with Crippen LogP contribution in [-0.2, 0) is 15.8 Å². The molecule has 2 fully saturated rings. The standard InChI is InChI=1S/C27H29F6N3O2/c1-16-5-4-6-17(2)22(16)36-15-25(18(3)23(36)37,14-35-9-7-26(29,30)8-10-35)24(38)34-21-12-19(27(31,32)33)11-20(28)13-21/h4-6,11-13,18H,7-10,14-15H2,1-3H3,(H,34,38)/t18-,25-/m1/s1. The molecule has 0 aromatic heterocycles. The van der Waals surface area contributed by atoms with E-state index in [9.17, 15) is 35.9 Å². The number of nitrogens with one attached hydrogen (secondary N) is 1. The van der Waals surface area contributed by atoms with Crippen LogP contribution in [0.5, 0.6) is 0 Å². The molecule has 0 unspecified atom stereocenters. The van der Waals surface area contributed by atoms with E-state index < -0.39 is 59.2 Å². The van der Waals surface area contributed by atoms with E-state index in [-0.39, 0.29) is 32.1 Å². The average Bonchev–Trinajstić information content (AvgIpc) is 3.05. The average molecular weight is 542 g/mol. The zero-order chi connectivity index (χ0) is 28.0. The Labute approximate surface area is 216 Å². The number of hydrogen-bond donors (Lipinski definition) is 1. The van der Waals surface area contributed by atoms with Crippen molar-refractivity contribution in [3.63, 3.8) is 0 Å². The first-order valence-corrected chi connectivity index (χ1v) is 12.3.